The fraction of sp³-hybridized carbons (Fsp3) is 0.714. The van der Waals surface area contributed by atoms with E-state index in [-0.39, 0.29) is 11.9 Å². The first-order valence-corrected chi connectivity index (χ1v) is 6.49. The second-order valence-corrected chi connectivity index (χ2v) is 4.97. The van der Waals surface area contributed by atoms with Crippen molar-refractivity contribution in [3.05, 3.63) is 11.8 Å². The summed E-state index contributed by atoms with van der Waals surface area (Å²) < 4.78 is 16.3. The van der Waals surface area contributed by atoms with Gasteiger partial charge < -0.3 is 14.2 Å². The Labute approximate surface area is 113 Å². The van der Waals surface area contributed by atoms with E-state index in [2.05, 4.69) is 0 Å². The molecule has 0 aliphatic heterocycles. The van der Waals surface area contributed by atoms with E-state index in [9.17, 15) is 9.59 Å². The largest absolute Gasteiger partial charge is 0.498 e. The van der Waals surface area contributed by atoms with Gasteiger partial charge in [0.15, 0.2) is 11.7 Å². The topological polar surface area (TPSA) is 61.8 Å². The molecule has 0 bridgehead atoms. The van der Waals surface area contributed by atoms with Crippen LogP contribution in [0.1, 0.15) is 41.0 Å². The molecule has 0 amide bonds. The van der Waals surface area contributed by atoms with E-state index < -0.39 is 17.7 Å². The Kier molecular flexibility index (Phi) is 4.97. The molecular weight excluding hydrogens is 248 g/mol. The van der Waals surface area contributed by atoms with E-state index in [0.717, 1.165) is 5.76 Å². The second kappa shape index (κ2) is 6.08. The molecule has 0 fully saturated rings. The molecule has 0 saturated carbocycles. The van der Waals surface area contributed by atoms with Gasteiger partial charge in [0.05, 0.1) is 18.3 Å². The highest BCUT2D eigenvalue weighted by atomic mass is 16.6. The van der Waals surface area contributed by atoms with Crippen LogP contribution in [0, 0.1) is 5.92 Å². The number of carbonyl (C=O) groups excluding carboxylic acids is 2. The molecule has 5 heteroatoms. The maximum Gasteiger partial charge on any atom is 0.303 e. The zero-order valence-electron chi connectivity index (χ0n) is 12.2. The second-order valence-electron chi connectivity index (χ2n) is 4.97. The highest BCUT2D eigenvalue weighted by Gasteiger charge is 2.47. The van der Waals surface area contributed by atoms with Crippen molar-refractivity contribution in [1.82, 2.24) is 0 Å². The van der Waals surface area contributed by atoms with E-state index in [1.807, 2.05) is 19.9 Å². The average Bonchev–Trinajstić information content (AvgIpc) is 2.27. The molecule has 0 saturated heterocycles. The minimum absolute atomic E-state index is 0.151. The molecule has 0 heterocycles. The fourth-order valence-corrected chi connectivity index (χ4v) is 2.47. The summed E-state index contributed by atoms with van der Waals surface area (Å²) in [5.74, 6) is -0.159. The number of rotatable bonds is 4. The molecule has 0 aromatic rings. The first-order valence-electron chi connectivity index (χ1n) is 6.49. The molecule has 0 aromatic heterocycles. The average molecular weight is 270 g/mol. The molecule has 108 valence electrons. The summed E-state index contributed by atoms with van der Waals surface area (Å²) in [7, 11) is 0. The number of esters is 2. The number of hydrogen-bond donors (Lipinski definition) is 0. The summed E-state index contributed by atoms with van der Waals surface area (Å²) in [4.78, 5) is 22.5. The fourth-order valence-electron chi connectivity index (χ4n) is 2.47. The molecule has 3 atom stereocenters. The Balaban J connectivity index is 3.02. The Bertz CT molecular complexity index is 387. The molecule has 0 unspecified atom stereocenters. The molecule has 1 aliphatic carbocycles. The number of carbonyl (C=O) groups is 2. The van der Waals surface area contributed by atoms with Crippen molar-refractivity contribution in [2.75, 3.05) is 6.61 Å². The lowest BCUT2D eigenvalue weighted by Crippen LogP contribution is -2.51. The van der Waals surface area contributed by atoms with Gasteiger partial charge in [-0.05, 0) is 19.9 Å². The van der Waals surface area contributed by atoms with Crippen molar-refractivity contribution < 1.29 is 23.8 Å². The molecule has 19 heavy (non-hydrogen) atoms. The highest BCUT2D eigenvalue weighted by Crippen LogP contribution is 2.37. The smallest absolute Gasteiger partial charge is 0.303 e. The van der Waals surface area contributed by atoms with Crippen LogP contribution in [0.5, 0.6) is 0 Å². The van der Waals surface area contributed by atoms with Gasteiger partial charge in [-0.1, -0.05) is 6.92 Å². The minimum Gasteiger partial charge on any atom is -0.498 e. The molecule has 1 rings (SSSR count). The van der Waals surface area contributed by atoms with Crippen molar-refractivity contribution in [2.24, 2.45) is 5.92 Å². The monoisotopic (exact) mass is 270 g/mol. The third-order valence-corrected chi connectivity index (χ3v) is 3.19. The van der Waals surface area contributed by atoms with Gasteiger partial charge in [0, 0.05) is 20.3 Å². The van der Waals surface area contributed by atoms with E-state index in [1.165, 1.54) is 13.8 Å². The number of hydrogen-bond acceptors (Lipinski definition) is 5. The standard InChI is InChI=1S/C14H22O5/c1-6-17-12-7-8-14(5,19-11(4)16)13(9(12)2)18-10(3)15/h7,9,13H,6,8H2,1-5H3/t9-,13-,14+/m0/s1. The first kappa shape index (κ1) is 15.5. The summed E-state index contributed by atoms with van der Waals surface area (Å²) in [6.45, 7) is 8.82. The van der Waals surface area contributed by atoms with Crippen LogP contribution in [0.25, 0.3) is 0 Å². The highest BCUT2D eigenvalue weighted by molar-refractivity contribution is 5.68. The van der Waals surface area contributed by atoms with Crippen molar-refractivity contribution in [1.29, 1.82) is 0 Å². The van der Waals surface area contributed by atoms with Crippen LogP contribution < -0.4 is 0 Å². The third kappa shape index (κ3) is 3.72. The van der Waals surface area contributed by atoms with Gasteiger partial charge in [0.25, 0.3) is 0 Å². The van der Waals surface area contributed by atoms with E-state index in [4.69, 9.17) is 14.2 Å². The van der Waals surface area contributed by atoms with E-state index in [1.54, 1.807) is 6.92 Å². The lowest BCUT2D eigenvalue weighted by Gasteiger charge is -2.42. The van der Waals surface area contributed by atoms with Crippen LogP contribution >= 0.6 is 0 Å². The summed E-state index contributed by atoms with van der Waals surface area (Å²) in [5.41, 5.74) is -0.850. The molecule has 0 aromatic carbocycles. The van der Waals surface area contributed by atoms with E-state index >= 15 is 0 Å². The van der Waals surface area contributed by atoms with Crippen molar-refractivity contribution >= 4 is 11.9 Å². The van der Waals surface area contributed by atoms with Crippen LogP contribution in [0.4, 0.5) is 0 Å². The Morgan fingerprint density at radius 3 is 2.47 bits per heavy atom. The Morgan fingerprint density at radius 2 is 2.00 bits per heavy atom. The van der Waals surface area contributed by atoms with Crippen LogP contribution in [-0.2, 0) is 23.8 Å². The van der Waals surface area contributed by atoms with Gasteiger partial charge in [-0.3, -0.25) is 9.59 Å². The van der Waals surface area contributed by atoms with E-state index in [0.29, 0.717) is 13.0 Å². The normalized spacial score (nSPS) is 30.3. The summed E-state index contributed by atoms with van der Waals surface area (Å²) in [6, 6.07) is 0. The Morgan fingerprint density at radius 1 is 1.37 bits per heavy atom. The third-order valence-electron chi connectivity index (χ3n) is 3.19. The SMILES string of the molecule is CCOC1=CC[C@@](C)(OC(C)=O)[C@@H](OC(C)=O)[C@H]1C. The van der Waals surface area contributed by atoms with Crippen LogP contribution in [0.3, 0.4) is 0 Å². The van der Waals surface area contributed by atoms with Gasteiger partial charge in [0.2, 0.25) is 0 Å². The predicted molar refractivity (Wildman–Crippen MR) is 69.2 cm³/mol. The molecule has 1 aliphatic rings. The molecule has 0 radical (unpaired) electrons. The van der Waals surface area contributed by atoms with Gasteiger partial charge in [-0.15, -0.1) is 0 Å². The van der Waals surface area contributed by atoms with Crippen molar-refractivity contribution in [2.45, 2.75) is 52.7 Å². The quantitative estimate of drug-likeness (QED) is 0.733. The lowest BCUT2D eigenvalue weighted by atomic mass is 9.80. The predicted octanol–water partition coefficient (Wildman–Crippen LogP) is 2.20. The number of ether oxygens (including phenoxy) is 3. The van der Waals surface area contributed by atoms with Crippen molar-refractivity contribution in [3.63, 3.8) is 0 Å². The summed E-state index contributed by atoms with van der Waals surface area (Å²) >= 11 is 0. The zero-order chi connectivity index (χ0) is 14.6. The Hall–Kier alpha value is -1.52. The maximum atomic E-state index is 11.3. The molecular formula is C14H22O5. The minimum atomic E-state index is -0.850. The van der Waals surface area contributed by atoms with Crippen molar-refractivity contribution in [3.8, 4) is 0 Å². The van der Waals surface area contributed by atoms with Gasteiger partial charge >= 0.3 is 11.9 Å². The van der Waals surface area contributed by atoms with Crippen LogP contribution in [0.2, 0.25) is 0 Å². The van der Waals surface area contributed by atoms with Crippen LogP contribution in [-0.4, -0.2) is 30.3 Å². The maximum absolute atomic E-state index is 11.3. The zero-order valence-corrected chi connectivity index (χ0v) is 12.2. The molecule has 0 spiro atoms. The summed E-state index contributed by atoms with van der Waals surface area (Å²) in [5, 5.41) is 0. The van der Waals surface area contributed by atoms with Crippen LogP contribution in [0.15, 0.2) is 11.8 Å². The summed E-state index contributed by atoms with van der Waals surface area (Å²) in [6.07, 6.45) is 1.82. The molecule has 0 N–H and O–H groups in total. The molecule has 5 nitrogen and oxygen atoms in total. The van der Waals surface area contributed by atoms with Gasteiger partial charge in [-0.2, -0.15) is 0 Å². The van der Waals surface area contributed by atoms with Gasteiger partial charge in [0.1, 0.15) is 0 Å². The first-order chi connectivity index (χ1) is 8.80. The lowest BCUT2D eigenvalue weighted by molar-refractivity contribution is -0.188. The van der Waals surface area contributed by atoms with Gasteiger partial charge in [-0.25, -0.2) is 0 Å².